The topological polar surface area (TPSA) is 38.0 Å². The molecule has 3 nitrogen and oxygen atoms in total. The zero-order valence-electron chi connectivity index (χ0n) is 9.00. The standard InChI is InChI=1S/C11H15ClN2O/c1-7-10(11(12)14(2)13-7)6-8-3-4-9(15)5-8/h5,9,15H,3-4,6H2,1-2H3. The Kier molecular flexibility index (Phi) is 2.85. The average molecular weight is 227 g/mol. The van der Waals surface area contributed by atoms with E-state index in [4.69, 9.17) is 11.6 Å². The van der Waals surface area contributed by atoms with Gasteiger partial charge in [0.05, 0.1) is 11.8 Å². The van der Waals surface area contributed by atoms with E-state index < -0.39 is 0 Å². The van der Waals surface area contributed by atoms with E-state index in [9.17, 15) is 5.11 Å². The summed E-state index contributed by atoms with van der Waals surface area (Å²) >= 11 is 6.14. The number of nitrogens with zero attached hydrogens (tertiary/aromatic N) is 2. The van der Waals surface area contributed by atoms with E-state index in [2.05, 4.69) is 5.10 Å². The predicted octanol–water partition coefficient (Wildman–Crippen LogP) is 2.01. The first-order valence-electron chi connectivity index (χ1n) is 5.13. The highest BCUT2D eigenvalue weighted by atomic mass is 35.5. The molecule has 0 radical (unpaired) electrons. The highest BCUT2D eigenvalue weighted by molar-refractivity contribution is 6.30. The Bertz CT molecular complexity index is 409. The van der Waals surface area contributed by atoms with Crippen LogP contribution in [0.3, 0.4) is 0 Å². The molecule has 0 saturated carbocycles. The first-order valence-corrected chi connectivity index (χ1v) is 5.51. The number of rotatable bonds is 2. The lowest BCUT2D eigenvalue weighted by Gasteiger charge is -2.01. The number of hydrogen-bond donors (Lipinski definition) is 1. The van der Waals surface area contributed by atoms with E-state index >= 15 is 0 Å². The smallest absolute Gasteiger partial charge is 0.130 e. The maximum absolute atomic E-state index is 9.39. The highest BCUT2D eigenvalue weighted by Gasteiger charge is 2.17. The molecule has 1 heterocycles. The van der Waals surface area contributed by atoms with Gasteiger partial charge in [0.1, 0.15) is 5.15 Å². The van der Waals surface area contributed by atoms with Gasteiger partial charge in [0.15, 0.2) is 0 Å². The molecule has 0 saturated heterocycles. The minimum absolute atomic E-state index is 0.268. The van der Waals surface area contributed by atoms with Gasteiger partial charge in [-0.2, -0.15) is 5.10 Å². The molecule has 2 rings (SSSR count). The molecule has 4 heteroatoms. The monoisotopic (exact) mass is 226 g/mol. The molecule has 1 aliphatic carbocycles. The van der Waals surface area contributed by atoms with Crippen molar-refractivity contribution in [1.29, 1.82) is 0 Å². The third-order valence-electron chi connectivity index (χ3n) is 2.86. The normalized spacial score (nSPS) is 20.8. The van der Waals surface area contributed by atoms with Gasteiger partial charge in [0.25, 0.3) is 0 Å². The lowest BCUT2D eigenvalue weighted by molar-refractivity contribution is 0.223. The second kappa shape index (κ2) is 3.99. The predicted molar refractivity (Wildman–Crippen MR) is 60.0 cm³/mol. The largest absolute Gasteiger partial charge is 0.389 e. The van der Waals surface area contributed by atoms with Crippen LogP contribution < -0.4 is 0 Å². The van der Waals surface area contributed by atoms with Crippen LogP contribution in [-0.4, -0.2) is 21.0 Å². The molecule has 1 N–H and O–H groups in total. The Labute approximate surface area is 94.4 Å². The van der Waals surface area contributed by atoms with E-state index in [1.54, 1.807) is 4.68 Å². The number of aliphatic hydroxyl groups excluding tert-OH is 1. The molecule has 0 aromatic carbocycles. The van der Waals surface area contributed by atoms with Gasteiger partial charge in [0.2, 0.25) is 0 Å². The third-order valence-corrected chi connectivity index (χ3v) is 3.34. The number of hydrogen-bond acceptors (Lipinski definition) is 2. The van der Waals surface area contributed by atoms with Crippen LogP contribution in [0.15, 0.2) is 11.6 Å². The van der Waals surface area contributed by atoms with Gasteiger partial charge >= 0.3 is 0 Å². The fourth-order valence-electron chi connectivity index (χ4n) is 2.02. The molecule has 1 aromatic heterocycles. The van der Waals surface area contributed by atoms with Gasteiger partial charge < -0.3 is 5.11 Å². The lowest BCUT2D eigenvalue weighted by Crippen LogP contribution is -1.93. The fourth-order valence-corrected chi connectivity index (χ4v) is 2.26. The molecular weight excluding hydrogens is 212 g/mol. The van der Waals surface area contributed by atoms with Crippen LogP contribution in [0.25, 0.3) is 0 Å². The third kappa shape index (κ3) is 2.08. The molecule has 1 atom stereocenters. The molecule has 0 fully saturated rings. The van der Waals surface area contributed by atoms with E-state index in [0.29, 0.717) is 5.15 Å². The second-order valence-corrected chi connectivity index (χ2v) is 4.44. The van der Waals surface area contributed by atoms with Crippen molar-refractivity contribution in [3.8, 4) is 0 Å². The van der Waals surface area contributed by atoms with Crippen LogP contribution in [0.1, 0.15) is 24.1 Å². The number of allylic oxidation sites excluding steroid dienone is 1. The van der Waals surface area contributed by atoms with E-state index in [1.807, 2.05) is 20.0 Å². The summed E-state index contributed by atoms with van der Waals surface area (Å²) in [5, 5.41) is 14.4. The first kappa shape index (κ1) is 10.7. The Morgan fingerprint density at radius 3 is 2.87 bits per heavy atom. The summed E-state index contributed by atoms with van der Waals surface area (Å²) in [4.78, 5) is 0. The van der Waals surface area contributed by atoms with Crippen molar-refractivity contribution in [1.82, 2.24) is 9.78 Å². The zero-order chi connectivity index (χ0) is 11.0. The number of aryl methyl sites for hydroxylation is 2. The number of halogens is 1. The Morgan fingerprint density at radius 2 is 2.40 bits per heavy atom. The van der Waals surface area contributed by atoms with Crippen molar-refractivity contribution in [2.24, 2.45) is 7.05 Å². The Balaban J connectivity index is 2.21. The maximum Gasteiger partial charge on any atom is 0.130 e. The molecule has 0 bridgehead atoms. The molecule has 1 aliphatic rings. The molecule has 0 spiro atoms. The Morgan fingerprint density at radius 1 is 1.67 bits per heavy atom. The molecular formula is C11H15ClN2O. The summed E-state index contributed by atoms with van der Waals surface area (Å²) in [5.74, 6) is 0. The van der Waals surface area contributed by atoms with Crippen molar-refractivity contribution in [2.75, 3.05) is 0 Å². The highest BCUT2D eigenvalue weighted by Crippen LogP contribution is 2.27. The van der Waals surface area contributed by atoms with Crippen molar-refractivity contribution >= 4 is 11.6 Å². The summed E-state index contributed by atoms with van der Waals surface area (Å²) in [6, 6.07) is 0. The molecule has 15 heavy (non-hydrogen) atoms. The summed E-state index contributed by atoms with van der Waals surface area (Å²) in [5.41, 5.74) is 3.32. The fraction of sp³-hybridized carbons (Fsp3) is 0.545. The minimum Gasteiger partial charge on any atom is -0.389 e. The van der Waals surface area contributed by atoms with Crippen molar-refractivity contribution in [3.63, 3.8) is 0 Å². The van der Waals surface area contributed by atoms with Gasteiger partial charge in [0, 0.05) is 12.6 Å². The number of aromatic nitrogens is 2. The summed E-state index contributed by atoms with van der Waals surface area (Å²) in [6.45, 7) is 1.97. The first-order chi connectivity index (χ1) is 7.08. The van der Waals surface area contributed by atoms with Crippen LogP contribution in [0.2, 0.25) is 5.15 Å². The van der Waals surface area contributed by atoms with Gasteiger partial charge in [-0.1, -0.05) is 23.3 Å². The summed E-state index contributed by atoms with van der Waals surface area (Å²) < 4.78 is 1.69. The van der Waals surface area contributed by atoms with Crippen LogP contribution >= 0.6 is 11.6 Å². The van der Waals surface area contributed by atoms with E-state index in [-0.39, 0.29) is 6.10 Å². The molecule has 82 valence electrons. The van der Waals surface area contributed by atoms with Crippen molar-refractivity contribution in [2.45, 2.75) is 32.3 Å². The minimum atomic E-state index is -0.268. The molecule has 1 aromatic rings. The van der Waals surface area contributed by atoms with Crippen LogP contribution in [0, 0.1) is 6.92 Å². The van der Waals surface area contributed by atoms with Gasteiger partial charge in [-0.3, -0.25) is 4.68 Å². The quantitative estimate of drug-likeness (QED) is 0.784. The van der Waals surface area contributed by atoms with E-state index in [0.717, 1.165) is 30.5 Å². The summed E-state index contributed by atoms with van der Waals surface area (Å²) in [7, 11) is 1.84. The summed E-state index contributed by atoms with van der Waals surface area (Å²) in [6.07, 6.45) is 4.28. The van der Waals surface area contributed by atoms with Crippen molar-refractivity contribution < 1.29 is 5.11 Å². The number of aliphatic hydroxyl groups is 1. The lowest BCUT2D eigenvalue weighted by atomic mass is 10.1. The SMILES string of the molecule is Cc1nn(C)c(Cl)c1CC1=CC(O)CC1. The van der Waals surface area contributed by atoms with Gasteiger partial charge in [-0.25, -0.2) is 0 Å². The van der Waals surface area contributed by atoms with Gasteiger partial charge in [-0.15, -0.1) is 0 Å². The van der Waals surface area contributed by atoms with Crippen molar-refractivity contribution in [3.05, 3.63) is 28.1 Å². The molecule has 0 aliphatic heterocycles. The van der Waals surface area contributed by atoms with Crippen LogP contribution in [-0.2, 0) is 13.5 Å². The molecule has 0 amide bonds. The zero-order valence-corrected chi connectivity index (χ0v) is 9.75. The van der Waals surface area contributed by atoms with Gasteiger partial charge in [-0.05, 0) is 26.2 Å². The second-order valence-electron chi connectivity index (χ2n) is 4.09. The van der Waals surface area contributed by atoms with Crippen LogP contribution in [0.5, 0.6) is 0 Å². The van der Waals surface area contributed by atoms with Crippen LogP contribution in [0.4, 0.5) is 0 Å². The Hall–Kier alpha value is -0.800. The van der Waals surface area contributed by atoms with E-state index in [1.165, 1.54) is 5.57 Å². The maximum atomic E-state index is 9.39. The average Bonchev–Trinajstić information content (AvgIpc) is 2.67. The molecule has 1 unspecified atom stereocenters.